The number of fused-ring (bicyclic) bond motifs is 1. The molecule has 0 saturated carbocycles. The predicted molar refractivity (Wildman–Crippen MR) is 94.8 cm³/mol. The normalized spacial score (nSPS) is 10.7. The van der Waals surface area contributed by atoms with Gasteiger partial charge in [-0.25, -0.2) is 9.78 Å². The second-order valence-corrected chi connectivity index (χ2v) is 5.85. The Hall–Kier alpha value is -2.49. The van der Waals surface area contributed by atoms with Gasteiger partial charge in [-0.2, -0.15) is 0 Å². The number of hydrogen-bond acceptors (Lipinski definition) is 5. The Balaban J connectivity index is 2.16. The lowest BCUT2D eigenvalue weighted by Gasteiger charge is -2.10. The number of furan rings is 1. The van der Waals surface area contributed by atoms with Crippen molar-refractivity contribution in [1.82, 2.24) is 4.98 Å². The summed E-state index contributed by atoms with van der Waals surface area (Å²) >= 11 is 2.13. The predicted octanol–water partition coefficient (Wildman–Crippen LogP) is 3.78. The van der Waals surface area contributed by atoms with Gasteiger partial charge in [-0.1, -0.05) is 6.07 Å². The van der Waals surface area contributed by atoms with Gasteiger partial charge in [0.15, 0.2) is 5.58 Å². The lowest BCUT2D eigenvalue weighted by molar-refractivity contribution is 0.209. The van der Waals surface area contributed by atoms with E-state index in [-0.39, 0.29) is 0 Å². The van der Waals surface area contributed by atoms with Crippen LogP contribution in [-0.2, 0) is 0 Å². The van der Waals surface area contributed by atoms with Crippen LogP contribution in [0.15, 0.2) is 35.1 Å². The van der Waals surface area contributed by atoms with Gasteiger partial charge in [0.05, 0.1) is 28.0 Å². The maximum absolute atomic E-state index is 10.8. The van der Waals surface area contributed by atoms with Crippen molar-refractivity contribution >= 4 is 51.2 Å². The average Bonchev–Trinajstić information content (AvgIpc) is 2.97. The van der Waals surface area contributed by atoms with Crippen LogP contribution in [0.5, 0.6) is 5.75 Å². The number of halogens is 1. The highest BCUT2D eigenvalue weighted by molar-refractivity contribution is 14.1. The molecule has 7 nitrogen and oxygen atoms in total. The molecule has 0 saturated heterocycles. The Bertz CT molecular complexity index is 907. The van der Waals surface area contributed by atoms with Gasteiger partial charge in [-0.3, -0.25) is 5.32 Å². The van der Waals surface area contributed by atoms with Crippen LogP contribution < -0.4 is 15.8 Å². The van der Waals surface area contributed by atoms with Crippen LogP contribution in [0.1, 0.15) is 0 Å². The van der Waals surface area contributed by atoms with E-state index in [1.54, 1.807) is 30.7 Å². The molecule has 0 atom stereocenters. The molecular formula is C15H12IN3O4. The average molecular weight is 425 g/mol. The second-order valence-electron chi connectivity index (χ2n) is 4.69. The van der Waals surface area contributed by atoms with E-state index in [2.05, 4.69) is 32.9 Å². The standard InChI is InChI=1S/C15H12IN3O4/c1-22-11-4-7(2-3-10(11)19-15(20)21)8-6-23-13-9(16)5-18-14(17)12(8)13/h2-6,19H,1H3,(H2,17,18)(H,20,21). The van der Waals surface area contributed by atoms with E-state index in [4.69, 9.17) is 20.0 Å². The molecule has 1 amide bonds. The molecule has 0 spiro atoms. The lowest BCUT2D eigenvalue weighted by Crippen LogP contribution is -2.08. The number of ether oxygens (including phenoxy) is 1. The third-order valence-corrected chi connectivity index (χ3v) is 4.10. The fourth-order valence-electron chi connectivity index (χ4n) is 2.33. The highest BCUT2D eigenvalue weighted by Crippen LogP contribution is 2.38. The number of nitrogens with zero attached hydrogens (tertiary/aromatic N) is 1. The zero-order valence-electron chi connectivity index (χ0n) is 12.0. The van der Waals surface area contributed by atoms with Crippen LogP contribution in [0.4, 0.5) is 16.3 Å². The van der Waals surface area contributed by atoms with Crippen LogP contribution in [0, 0.1) is 3.57 Å². The molecule has 0 aliphatic heterocycles. The van der Waals surface area contributed by atoms with E-state index in [9.17, 15) is 4.79 Å². The maximum atomic E-state index is 10.8. The Morgan fingerprint density at radius 2 is 2.26 bits per heavy atom. The summed E-state index contributed by atoms with van der Waals surface area (Å²) in [6, 6.07) is 5.10. The summed E-state index contributed by atoms with van der Waals surface area (Å²) in [4.78, 5) is 15.0. The summed E-state index contributed by atoms with van der Waals surface area (Å²) < 4.78 is 11.7. The van der Waals surface area contributed by atoms with Gasteiger partial charge in [0.1, 0.15) is 11.6 Å². The molecule has 0 fully saturated rings. The van der Waals surface area contributed by atoms with Crippen molar-refractivity contribution in [2.75, 3.05) is 18.2 Å². The first-order chi connectivity index (χ1) is 11.0. The number of hydrogen-bond donors (Lipinski definition) is 3. The van der Waals surface area contributed by atoms with Gasteiger partial charge >= 0.3 is 6.09 Å². The minimum atomic E-state index is -1.16. The monoisotopic (exact) mass is 425 g/mol. The quantitative estimate of drug-likeness (QED) is 0.551. The number of carboxylic acid groups (broad SMARTS) is 1. The smallest absolute Gasteiger partial charge is 0.409 e. The van der Waals surface area contributed by atoms with Crippen LogP contribution >= 0.6 is 22.6 Å². The maximum Gasteiger partial charge on any atom is 0.409 e. The number of nitrogens with two attached hydrogens (primary N) is 1. The van der Waals surface area contributed by atoms with Crippen LogP contribution in [0.3, 0.4) is 0 Å². The van der Waals surface area contributed by atoms with E-state index in [1.165, 1.54) is 7.11 Å². The summed E-state index contributed by atoms with van der Waals surface area (Å²) in [5.74, 6) is 0.771. The van der Waals surface area contributed by atoms with Crippen LogP contribution in [0.25, 0.3) is 22.1 Å². The molecule has 118 valence electrons. The summed E-state index contributed by atoms with van der Waals surface area (Å²) in [5.41, 5.74) is 8.55. The zero-order chi connectivity index (χ0) is 16.6. The Morgan fingerprint density at radius 1 is 1.48 bits per heavy atom. The van der Waals surface area contributed by atoms with Crippen molar-refractivity contribution in [3.05, 3.63) is 34.2 Å². The first kappa shape index (κ1) is 15.4. The van der Waals surface area contributed by atoms with Crippen molar-refractivity contribution < 1.29 is 19.1 Å². The van der Waals surface area contributed by atoms with Crippen molar-refractivity contribution in [2.24, 2.45) is 0 Å². The molecule has 0 radical (unpaired) electrons. The first-order valence-corrected chi connectivity index (χ1v) is 7.58. The van der Waals surface area contributed by atoms with Gasteiger partial charge in [0.25, 0.3) is 0 Å². The minimum Gasteiger partial charge on any atom is -0.495 e. The van der Waals surface area contributed by atoms with Crippen molar-refractivity contribution in [3.8, 4) is 16.9 Å². The van der Waals surface area contributed by atoms with Crippen molar-refractivity contribution in [1.29, 1.82) is 0 Å². The number of amides is 1. The highest BCUT2D eigenvalue weighted by Gasteiger charge is 2.16. The molecule has 0 aliphatic carbocycles. The fourth-order valence-corrected chi connectivity index (χ4v) is 2.86. The molecule has 2 heterocycles. The van der Waals surface area contributed by atoms with Gasteiger partial charge in [0.2, 0.25) is 0 Å². The molecule has 0 unspecified atom stereocenters. The Labute approximate surface area is 144 Å². The minimum absolute atomic E-state index is 0.359. The fraction of sp³-hybridized carbons (Fsp3) is 0.0667. The SMILES string of the molecule is COc1cc(-c2coc3c(I)cnc(N)c23)ccc1NC(=O)O. The third-order valence-electron chi connectivity index (χ3n) is 3.34. The number of rotatable bonds is 3. The second kappa shape index (κ2) is 5.95. The number of anilines is 2. The lowest BCUT2D eigenvalue weighted by atomic mass is 10.0. The summed E-state index contributed by atoms with van der Waals surface area (Å²) in [7, 11) is 1.47. The van der Waals surface area contributed by atoms with Crippen LogP contribution in [-0.4, -0.2) is 23.3 Å². The highest BCUT2D eigenvalue weighted by atomic mass is 127. The third kappa shape index (κ3) is 2.77. The Kier molecular flexibility index (Phi) is 3.99. The summed E-state index contributed by atoms with van der Waals surface area (Å²) in [6.45, 7) is 0. The molecule has 0 aliphatic rings. The topological polar surface area (TPSA) is 111 Å². The number of methoxy groups -OCH3 is 1. The van der Waals surface area contributed by atoms with Gasteiger partial charge in [-0.15, -0.1) is 0 Å². The molecule has 3 rings (SSSR count). The number of pyridine rings is 1. The zero-order valence-corrected chi connectivity index (χ0v) is 14.1. The summed E-state index contributed by atoms with van der Waals surface area (Å²) in [6.07, 6.45) is 2.09. The van der Waals surface area contributed by atoms with Gasteiger partial charge in [0, 0.05) is 11.8 Å². The molecule has 0 bridgehead atoms. The summed E-state index contributed by atoms with van der Waals surface area (Å²) in [5, 5.41) is 11.8. The largest absolute Gasteiger partial charge is 0.495 e. The number of nitrogen functional groups attached to an aromatic ring is 1. The molecule has 8 heteroatoms. The van der Waals surface area contributed by atoms with Gasteiger partial charge in [-0.05, 0) is 40.3 Å². The Morgan fingerprint density at radius 3 is 2.96 bits per heavy atom. The molecule has 2 aromatic heterocycles. The number of benzene rings is 1. The molecule has 4 N–H and O–H groups in total. The van der Waals surface area contributed by atoms with E-state index in [0.717, 1.165) is 20.1 Å². The van der Waals surface area contributed by atoms with Crippen LogP contribution in [0.2, 0.25) is 0 Å². The van der Waals surface area contributed by atoms with E-state index < -0.39 is 6.09 Å². The number of carbonyl (C=O) groups is 1. The number of nitrogens with one attached hydrogen (secondary N) is 1. The molecule has 3 aromatic rings. The van der Waals surface area contributed by atoms with E-state index in [0.29, 0.717) is 22.8 Å². The first-order valence-electron chi connectivity index (χ1n) is 6.50. The molecule has 23 heavy (non-hydrogen) atoms. The molecular weight excluding hydrogens is 413 g/mol. The van der Waals surface area contributed by atoms with E-state index in [1.807, 2.05) is 0 Å². The van der Waals surface area contributed by atoms with Crippen molar-refractivity contribution in [2.45, 2.75) is 0 Å². The molecule has 1 aromatic carbocycles. The van der Waals surface area contributed by atoms with Gasteiger partial charge < -0.3 is 20.0 Å². The van der Waals surface area contributed by atoms with Crippen molar-refractivity contribution in [3.63, 3.8) is 0 Å². The number of aromatic nitrogens is 1. The van der Waals surface area contributed by atoms with E-state index >= 15 is 0 Å².